The lowest BCUT2D eigenvalue weighted by atomic mass is 9.92. The van der Waals surface area contributed by atoms with Crippen LogP contribution in [0.2, 0.25) is 0 Å². The zero-order chi connectivity index (χ0) is 21.3. The van der Waals surface area contributed by atoms with Crippen LogP contribution in [-0.4, -0.2) is 44.6 Å². The SMILES string of the molecule is COC(=O)CS(=O)(=O)N1CC=C(c2ccc(-c3ccc4c(c3)CCC4)c(C)c2)CC1. The summed E-state index contributed by atoms with van der Waals surface area (Å²) in [4.78, 5) is 11.4. The molecular formula is C24H27NO4S. The van der Waals surface area contributed by atoms with Gasteiger partial charge < -0.3 is 4.74 Å². The van der Waals surface area contributed by atoms with Crippen LogP contribution in [-0.2, 0) is 32.4 Å². The predicted molar refractivity (Wildman–Crippen MR) is 119 cm³/mol. The second kappa shape index (κ2) is 8.36. The molecule has 1 aliphatic carbocycles. The van der Waals surface area contributed by atoms with E-state index >= 15 is 0 Å². The summed E-state index contributed by atoms with van der Waals surface area (Å²) in [5.41, 5.74) is 8.94. The van der Waals surface area contributed by atoms with Crippen LogP contribution in [0.1, 0.15) is 35.1 Å². The molecule has 2 aliphatic rings. The van der Waals surface area contributed by atoms with Crippen molar-refractivity contribution in [3.63, 3.8) is 0 Å². The molecule has 0 saturated carbocycles. The third-order valence-corrected chi connectivity index (χ3v) is 7.82. The van der Waals surface area contributed by atoms with Crippen molar-refractivity contribution in [3.05, 3.63) is 64.7 Å². The maximum absolute atomic E-state index is 12.3. The largest absolute Gasteiger partial charge is 0.468 e. The maximum atomic E-state index is 12.3. The summed E-state index contributed by atoms with van der Waals surface area (Å²) in [5, 5.41) is 0. The van der Waals surface area contributed by atoms with E-state index in [1.54, 1.807) is 0 Å². The number of esters is 1. The second-order valence-electron chi connectivity index (χ2n) is 8.04. The van der Waals surface area contributed by atoms with Crippen molar-refractivity contribution in [2.24, 2.45) is 0 Å². The Morgan fingerprint density at radius 3 is 2.50 bits per heavy atom. The fourth-order valence-corrected chi connectivity index (χ4v) is 5.66. The highest BCUT2D eigenvalue weighted by atomic mass is 32.2. The van der Waals surface area contributed by atoms with Crippen molar-refractivity contribution in [2.45, 2.75) is 32.6 Å². The Morgan fingerprint density at radius 2 is 1.80 bits per heavy atom. The fourth-order valence-electron chi connectivity index (χ4n) is 4.39. The van der Waals surface area contributed by atoms with Gasteiger partial charge >= 0.3 is 5.97 Å². The molecule has 30 heavy (non-hydrogen) atoms. The van der Waals surface area contributed by atoms with Crippen LogP contribution in [0, 0.1) is 6.92 Å². The molecule has 0 bridgehead atoms. The Morgan fingerprint density at radius 1 is 1.03 bits per heavy atom. The maximum Gasteiger partial charge on any atom is 0.322 e. The summed E-state index contributed by atoms with van der Waals surface area (Å²) < 4.78 is 30.5. The van der Waals surface area contributed by atoms with E-state index < -0.39 is 21.7 Å². The highest BCUT2D eigenvalue weighted by Crippen LogP contribution is 2.32. The molecule has 2 aromatic rings. The first-order valence-corrected chi connectivity index (χ1v) is 11.9. The minimum Gasteiger partial charge on any atom is -0.468 e. The highest BCUT2D eigenvalue weighted by Gasteiger charge is 2.27. The van der Waals surface area contributed by atoms with Crippen LogP contribution in [0.4, 0.5) is 0 Å². The number of hydrogen-bond donors (Lipinski definition) is 0. The molecule has 158 valence electrons. The average Bonchev–Trinajstić information content (AvgIpc) is 3.21. The fraction of sp³-hybridized carbons (Fsp3) is 0.375. The van der Waals surface area contributed by atoms with Crippen LogP contribution in [0.3, 0.4) is 0 Å². The van der Waals surface area contributed by atoms with Gasteiger partial charge in [-0.15, -0.1) is 0 Å². The summed E-state index contributed by atoms with van der Waals surface area (Å²) >= 11 is 0. The van der Waals surface area contributed by atoms with Crippen LogP contribution < -0.4 is 0 Å². The van der Waals surface area contributed by atoms with E-state index in [1.165, 1.54) is 58.5 Å². The number of aryl methyl sites for hydroxylation is 3. The van der Waals surface area contributed by atoms with Crippen molar-refractivity contribution < 1.29 is 17.9 Å². The molecule has 2 aromatic carbocycles. The molecule has 1 heterocycles. The van der Waals surface area contributed by atoms with Crippen molar-refractivity contribution in [1.29, 1.82) is 0 Å². The molecule has 0 saturated heterocycles. The van der Waals surface area contributed by atoms with Gasteiger partial charge in [0.15, 0.2) is 5.75 Å². The van der Waals surface area contributed by atoms with Crippen molar-refractivity contribution >= 4 is 21.6 Å². The number of rotatable bonds is 5. The zero-order valence-corrected chi connectivity index (χ0v) is 18.3. The van der Waals surface area contributed by atoms with Gasteiger partial charge in [0.05, 0.1) is 7.11 Å². The second-order valence-corrected chi connectivity index (χ2v) is 10.0. The van der Waals surface area contributed by atoms with Gasteiger partial charge in [0, 0.05) is 13.1 Å². The van der Waals surface area contributed by atoms with Gasteiger partial charge in [0.2, 0.25) is 10.0 Å². The number of fused-ring (bicyclic) bond motifs is 1. The number of carbonyl (C=O) groups is 1. The van der Waals surface area contributed by atoms with E-state index in [0.717, 1.165) is 11.1 Å². The lowest BCUT2D eigenvalue weighted by Gasteiger charge is -2.25. The summed E-state index contributed by atoms with van der Waals surface area (Å²) in [6, 6.07) is 13.3. The smallest absolute Gasteiger partial charge is 0.322 e. The summed E-state index contributed by atoms with van der Waals surface area (Å²) in [7, 11) is -2.45. The van der Waals surface area contributed by atoms with Gasteiger partial charge in [-0.25, -0.2) is 8.42 Å². The zero-order valence-electron chi connectivity index (χ0n) is 17.5. The third kappa shape index (κ3) is 4.20. The Kier molecular flexibility index (Phi) is 5.80. The van der Waals surface area contributed by atoms with Gasteiger partial charge in [0.25, 0.3) is 0 Å². The number of benzene rings is 2. The first-order chi connectivity index (χ1) is 14.4. The molecule has 6 heteroatoms. The van der Waals surface area contributed by atoms with E-state index in [4.69, 9.17) is 0 Å². The van der Waals surface area contributed by atoms with Crippen LogP contribution >= 0.6 is 0 Å². The molecule has 4 rings (SSSR count). The van der Waals surface area contributed by atoms with E-state index in [0.29, 0.717) is 13.0 Å². The monoisotopic (exact) mass is 425 g/mol. The highest BCUT2D eigenvalue weighted by molar-refractivity contribution is 7.89. The first kappa shape index (κ1) is 20.8. The molecule has 0 aromatic heterocycles. The molecular weight excluding hydrogens is 398 g/mol. The normalized spacial score (nSPS) is 16.8. The summed E-state index contributed by atoms with van der Waals surface area (Å²) in [5.74, 6) is -1.34. The molecule has 0 unspecified atom stereocenters. The van der Waals surface area contributed by atoms with Crippen molar-refractivity contribution in [2.75, 3.05) is 26.0 Å². The quantitative estimate of drug-likeness (QED) is 0.685. The van der Waals surface area contributed by atoms with Gasteiger partial charge in [-0.2, -0.15) is 4.31 Å². The molecule has 0 spiro atoms. The van der Waals surface area contributed by atoms with Crippen molar-refractivity contribution in [1.82, 2.24) is 4.31 Å². The topological polar surface area (TPSA) is 63.7 Å². The number of methoxy groups -OCH3 is 1. The van der Waals surface area contributed by atoms with Gasteiger partial charge in [-0.05, 0) is 71.6 Å². The standard InChI is InChI=1S/C24H27NO4S/c1-17-14-21(8-9-23(17)22-7-6-18-4-3-5-20(18)15-22)19-10-12-25(13-11-19)30(27,28)16-24(26)29-2/h6-10,14-15H,3-5,11-13,16H2,1-2H3. The number of ether oxygens (including phenoxy) is 1. The first-order valence-electron chi connectivity index (χ1n) is 10.3. The number of hydrogen-bond acceptors (Lipinski definition) is 4. The van der Waals surface area contributed by atoms with E-state index in [2.05, 4.69) is 48.1 Å². The predicted octanol–water partition coefficient (Wildman–Crippen LogP) is 3.74. The number of sulfonamides is 1. The van der Waals surface area contributed by atoms with Crippen LogP contribution in [0.15, 0.2) is 42.5 Å². The van der Waals surface area contributed by atoms with E-state index in [1.807, 2.05) is 6.08 Å². The van der Waals surface area contributed by atoms with Crippen molar-refractivity contribution in [3.8, 4) is 11.1 Å². The number of nitrogens with zero attached hydrogens (tertiary/aromatic N) is 1. The van der Waals surface area contributed by atoms with Gasteiger partial charge in [0.1, 0.15) is 0 Å². The van der Waals surface area contributed by atoms with E-state index in [9.17, 15) is 13.2 Å². The average molecular weight is 426 g/mol. The third-order valence-electron chi connectivity index (χ3n) is 6.10. The molecule has 0 amide bonds. The number of carbonyl (C=O) groups excluding carboxylic acids is 1. The Bertz CT molecular complexity index is 1120. The molecule has 0 radical (unpaired) electrons. The minimum atomic E-state index is -3.64. The lowest BCUT2D eigenvalue weighted by molar-refractivity contribution is -0.137. The summed E-state index contributed by atoms with van der Waals surface area (Å²) in [6.45, 7) is 2.78. The molecule has 0 N–H and O–H groups in total. The van der Waals surface area contributed by atoms with Crippen LogP contribution in [0.25, 0.3) is 16.7 Å². The van der Waals surface area contributed by atoms with Gasteiger partial charge in [-0.3, -0.25) is 4.79 Å². The molecule has 1 aliphatic heterocycles. The molecule has 0 fully saturated rings. The summed E-state index contributed by atoms with van der Waals surface area (Å²) in [6.07, 6.45) is 6.17. The molecule has 5 nitrogen and oxygen atoms in total. The van der Waals surface area contributed by atoms with Gasteiger partial charge in [-0.1, -0.05) is 42.5 Å². The minimum absolute atomic E-state index is 0.278. The Balaban J connectivity index is 1.51. The Labute approximate surface area is 178 Å². The van der Waals surface area contributed by atoms with Crippen LogP contribution in [0.5, 0.6) is 0 Å². The molecule has 0 atom stereocenters. The van der Waals surface area contributed by atoms with E-state index in [-0.39, 0.29) is 6.54 Å². The Hall–Kier alpha value is -2.44. The lowest BCUT2D eigenvalue weighted by Crippen LogP contribution is -2.38.